The number of hydrogen-bond donors (Lipinski definition) is 0. The summed E-state index contributed by atoms with van der Waals surface area (Å²) in [4.78, 5) is 10.3. The van der Waals surface area contributed by atoms with Gasteiger partial charge in [-0.1, -0.05) is 12.1 Å². The van der Waals surface area contributed by atoms with Crippen molar-refractivity contribution in [3.8, 4) is 5.75 Å². The maximum Gasteiger partial charge on any atom is 0.271 e. The fourth-order valence-corrected chi connectivity index (χ4v) is 1.25. The van der Waals surface area contributed by atoms with Gasteiger partial charge in [-0.2, -0.15) is 0 Å². The molecule has 3 heteroatoms. The molecule has 0 aliphatic carbocycles. The molecule has 0 aliphatic heterocycles. The summed E-state index contributed by atoms with van der Waals surface area (Å²) in [6.45, 7) is 0. The fourth-order valence-electron chi connectivity index (χ4n) is 1.25. The Morgan fingerprint density at radius 3 is 3.00 bits per heavy atom. The van der Waals surface area contributed by atoms with Crippen molar-refractivity contribution in [2.75, 3.05) is 7.11 Å². The summed E-state index contributed by atoms with van der Waals surface area (Å²) in [5.74, 6) is 0.818. The molecule has 65 valence electrons. The minimum Gasteiger partial charge on any atom is -0.493 e. The van der Waals surface area contributed by atoms with Gasteiger partial charge in [-0.3, -0.25) is 4.79 Å². The summed E-state index contributed by atoms with van der Waals surface area (Å²) in [7, 11) is 1.56. The maximum atomic E-state index is 10.3. The average Bonchev–Trinajstić information content (AvgIpc) is 2.59. The molecule has 1 heterocycles. The third kappa shape index (κ3) is 1.18. The molecule has 0 bridgehead atoms. The molecule has 0 spiro atoms. The van der Waals surface area contributed by atoms with Crippen molar-refractivity contribution in [3.05, 3.63) is 30.0 Å². The van der Waals surface area contributed by atoms with Crippen LogP contribution in [0.1, 0.15) is 5.76 Å². The number of para-hydroxylation sites is 1. The maximum absolute atomic E-state index is 10.3. The van der Waals surface area contributed by atoms with Gasteiger partial charge in [-0.15, -0.1) is 0 Å². The van der Waals surface area contributed by atoms with Gasteiger partial charge in [-0.25, -0.2) is 0 Å². The Morgan fingerprint density at radius 1 is 1.46 bits per heavy atom. The summed E-state index contributed by atoms with van der Waals surface area (Å²) in [6.07, 6.45) is 1.70. The molecule has 0 saturated carbocycles. The highest BCUT2D eigenvalue weighted by atomic mass is 16.5. The van der Waals surface area contributed by atoms with Gasteiger partial charge in [0.05, 0.1) is 7.11 Å². The van der Waals surface area contributed by atoms with E-state index in [2.05, 4.69) is 0 Å². The van der Waals surface area contributed by atoms with E-state index in [0.29, 0.717) is 11.3 Å². The SMILES string of the molecule is COc1cccc2cc([C]=O)oc12. The zero-order chi connectivity index (χ0) is 9.26. The van der Waals surface area contributed by atoms with Crippen LogP contribution in [0.2, 0.25) is 0 Å². The molecule has 0 unspecified atom stereocenters. The molecular formula is C10H7O3. The number of carbonyl (C=O) groups excluding carboxylic acids is 1. The Labute approximate surface area is 74.9 Å². The van der Waals surface area contributed by atoms with Crippen LogP contribution >= 0.6 is 0 Å². The third-order valence-corrected chi connectivity index (χ3v) is 1.83. The molecule has 0 amide bonds. The molecule has 3 nitrogen and oxygen atoms in total. The molecule has 2 rings (SSSR count). The van der Waals surface area contributed by atoms with E-state index in [0.717, 1.165) is 5.39 Å². The van der Waals surface area contributed by atoms with Crippen LogP contribution in [0.25, 0.3) is 11.0 Å². The predicted octanol–water partition coefficient (Wildman–Crippen LogP) is 1.90. The second-order valence-electron chi connectivity index (χ2n) is 2.59. The number of furan rings is 1. The molecule has 0 aliphatic rings. The highest BCUT2D eigenvalue weighted by Crippen LogP contribution is 2.27. The van der Waals surface area contributed by atoms with Crippen LogP contribution in [0.4, 0.5) is 0 Å². The summed E-state index contributed by atoms with van der Waals surface area (Å²) in [5, 5.41) is 0.845. The van der Waals surface area contributed by atoms with Crippen LogP contribution in [0.5, 0.6) is 5.75 Å². The summed E-state index contributed by atoms with van der Waals surface area (Å²) in [5.41, 5.74) is 0.586. The summed E-state index contributed by atoms with van der Waals surface area (Å²) in [6, 6.07) is 7.10. The lowest BCUT2D eigenvalue weighted by molar-refractivity contribution is 0.409. The molecule has 13 heavy (non-hydrogen) atoms. The molecule has 1 aromatic carbocycles. The van der Waals surface area contributed by atoms with E-state index in [9.17, 15) is 4.79 Å². The van der Waals surface area contributed by atoms with Crippen molar-refractivity contribution >= 4 is 17.3 Å². The lowest BCUT2D eigenvalue weighted by atomic mass is 10.2. The molecule has 0 N–H and O–H groups in total. The topological polar surface area (TPSA) is 39.4 Å². The van der Waals surface area contributed by atoms with E-state index in [-0.39, 0.29) is 5.76 Å². The van der Waals surface area contributed by atoms with E-state index in [1.165, 1.54) is 0 Å². The number of fused-ring (bicyclic) bond motifs is 1. The minimum absolute atomic E-state index is 0.194. The van der Waals surface area contributed by atoms with Crippen molar-refractivity contribution in [2.45, 2.75) is 0 Å². The van der Waals surface area contributed by atoms with Crippen molar-refractivity contribution < 1.29 is 13.9 Å². The van der Waals surface area contributed by atoms with Crippen molar-refractivity contribution in [3.63, 3.8) is 0 Å². The largest absolute Gasteiger partial charge is 0.493 e. The second kappa shape index (κ2) is 2.94. The smallest absolute Gasteiger partial charge is 0.271 e. The van der Waals surface area contributed by atoms with Gasteiger partial charge < -0.3 is 9.15 Å². The summed E-state index contributed by atoms with van der Waals surface area (Å²) >= 11 is 0. The molecule has 0 saturated heterocycles. The Morgan fingerprint density at radius 2 is 2.31 bits per heavy atom. The lowest BCUT2D eigenvalue weighted by Crippen LogP contribution is -1.81. The monoisotopic (exact) mass is 175 g/mol. The first-order valence-corrected chi connectivity index (χ1v) is 3.80. The highest BCUT2D eigenvalue weighted by Gasteiger charge is 2.07. The molecule has 2 aromatic rings. The second-order valence-corrected chi connectivity index (χ2v) is 2.59. The average molecular weight is 175 g/mol. The van der Waals surface area contributed by atoms with E-state index in [1.807, 2.05) is 12.1 Å². The standard InChI is InChI=1S/C10H7O3/c1-12-9-4-2-3-7-5-8(6-11)13-10(7)9/h2-5H,1H3. The Kier molecular flexibility index (Phi) is 1.77. The van der Waals surface area contributed by atoms with Gasteiger partial charge in [0.25, 0.3) is 6.29 Å². The molecule has 1 radical (unpaired) electrons. The minimum atomic E-state index is 0.194. The highest BCUT2D eigenvalue weighted by molar-refractivity contribution is 5.88. The molecular weight excluding hydrogens is 168 g/mol. The van der Waals surface area contributed by atoms with Crippen LogP contribution in [0.3, 0.4) is 0 Å². The normalized spacial score (nSPS) is 10.2. The third-order valence-electron chi connectivity index (χ3n) is 1.83. The van der Waals surface area contributed by atoms with Crippen molar-refractivity contribution in [1.82, 2.24) is 0 Å². The van der Waals surface area contributed by atoms with Crippen molar-refractivity contribution in [2.24, 2.45) is 0 Å². The van der Waals surface area contributed by atoms with Gasteiger partial charge in [0, 0.05) is 5.39 Å². The predicted molar refractivity (Wildman–Crippen MR) is 47.6 cm³/mol. The van der Waals surface area contributed by atoms with E-state index in [4.69, 9.17) is 9.15 Å². The van der Waals surface area contributed by atoms with Crippen LogP contribution in [-0.4, -0.2) is 13.4 Å². The van der Waals surface area contributed by atoms with Gasteiger partial charge in [-0.05, 0) is 12.1 Å². The zero-order valence-corrected chi connectivity index (χ0v) is 7.03. The summed E-state index contributed by atoms with van der Waals surface area (Å²) < 4.78 is 10.3. The Bertz CT molecular complexity index is 442. The first kappa shape index (κ1) is 7.86. The zero-order valence-electron chi connectivity index (χ0n) is 7.03. The van der Waals surface area contributed by atoms with Crippen LogP contribution in [-0.2, 0) is 4.79 Å². The number of benzene rings is 1. The van der Waals surface area contributed by atoms with Gasteiger partial charge in [0.2, 0.25) is 0 Å². The lowest BCUT2D eigenvalue weighted by Gasteiger charge is -1.97. The quantitative estimate of drug-likeness (QED) is 0.699. The first-order chi connectivity index (χ1) is 6.35. The number of hydrogen-bond acceptors (Lipinski definition) is 3. The Hall–Kier alpha value is -1.77. The van der Waals surface area contributed by atoms with Crippen LogP contribution < -0.4 is 4.74 Å². The Balaban J connectivity index is 2.74. The number of methoxy groups -OCH3 is 1. The molecule has 1 aromatic heterocycles. The first-order valence-electron chi connectivity index (χ1n) is 3.80. The molecule has 0 fully saturated rings. The van der Waals surface area contributed by atoms with Gasteiger partial charge in [0.1, 0.15) is 0 Å². The van der Waals surface area contributed by atoms with E-state index < -0.39 is 0 Å². The van der Waals surface area contributed by atoms with Crippen LogP contribution in [0, 0.1) is 0 Å². The number of ether oxygens (including phenoxy) is 1. The van der Waals surface area contributed by atoms with E-state index in [1.54, 1.807) is 25.5 Å². The van der Waals surface area contributed by atoms with Gasteiger partial charge >= 0.3 is 0 Å². The van der Waals surface area contributed by atoms with Crippen molar-refractivity contribution in [1.29, 1.82) is 0 Å². The van der Waals surface area contributed by atoms with E-state index >= 15 is 0 Å². The molecule has 0 atom stereocenters. The number of rotatable bonds is 2. The fraction of sp³-hybridized carbons (Fsp3) is 0.100. The van der Waals surface area contributed by atoms with Gasteiger partial charge in [0.15, 0.2) is 17.1 Å². The van der Waals surface area contributed by atoms with Crippen LogP contribution in [0.15, 0.2) is 28.7 Å².